The fourth-order valence-electron chi connectivity index (χ4n) is 1.76. The lowest BCUT2D eigenvalue weighted by Gasteiger charge is -2.09. The first-order valence-electron chi connectivity index (χ1n) is 5.87. The molecule has 0 aliphatic heterocycles. The molecule has 0 aliphatic carbocycles. The number of nitriles is 1. The quantitative estimate of drug-likeness (QED) is 0.668. The average Bonchev–Trinajstić information content (AvgIpc) is 2.47. The van der Waals surface area contributed by atoms with Gasteiger partial charge in [0.2, 0.25) is 0 Å². The Morgan fingerprint density at radius 1 is 1.33 bits per heavy atom. The first kappa shape index (κ1) is 14.9. The second-order valence-corrected chi connectivity index (χ2v) is 5.04. The van der Waals surface area contributed by atoms with Crippen molar-refractivity contribution in [3.05, 3.63) is 67.9 Å². The smallest absolute Gasteiger partial charge is 0.270 e. The summed E-state index contributed by atoms with van der Waals surface area (Å²) in [5, 5.41) is 22.7. The van der Waals surface area contributed by atoms with E-state index in [0.717, 1.165) is 4.47 Å². The van der Waals surface area contributed by atoms with Crippen LogP contribution < -0.4 is 5.32 Å². The standard InChI is InChI=1S/C14H9BrFN3O2/c15-13-3-1-11(16)5-10(13)8-18-14-4-2-12(19(20)21)6-9(14)7-17/h1-6,18H,8H2. The average molecular weight is 350 g/mol. The number of halogens is 2. The van der Waals surface area contributed by atoms with Crippen LogP contribution in [-0.4, -0.2) is 4.92 Å². The molecule has 2 aromatic rings. The zero-order valence-corrected chi connectivity index (χ0v) is 12.2. The second kappa shape index (κ2) is 6.33. The summed E-state index contributed by atoms with van der Waals surface area (Å²) in [6.07, 6.45) is 0. The number of nitrogens with zero attached hydrogens (tertiary/aromatic N) is 2. The van der Waals surface area contributed by atoms with Gasteiger partial charge in [0.25, 0.3) is 5.69 Å². The van der Waals surface area contributed by atoms with Gasteiger partial charge in [-0.15, -0.1) is 0 Å². The van der Waals surface area contributed by atoms with Crippen molar-refractivity contribution in [1.29, 1.82) is 5.26 Å². The van der Waals surface area contributed by atoms with Crippen LogP contribution in [0.3, 0.4) is 0 Å². The van der Waals surface area contributed by atoms with Crippen molar-refractivity contribution in [3.63, 3.8) is 0 Å². The van der Waals surface area contributed by atoms with Gasteiger partial charge in [-0.1, -0.05) is 15.9 Å². The molecule has 0 aromatic heterocycles. The van der Waals surface area contributed by atoms with Crippen LogP contribution >= 0.6 is 15.9 Å². The Morgan fingerprint density at radius 3 is 2.76 bits per heavy atom. The van der Waals surface area contributed by atoms with E-state index in [-0.39, 0.29) is 23.6 Å². The predicted octanol–water partition coefficient (Wildman–Crippen LogP) is 3.98. The van der Waals surface area contributed by atoms with E-state index in [1.807, 2.05) is 6.07 Å². The van der Waals surface area contributed by atoms with Crippen LogP contribution in [0, 0.1) is 27.3 Å². The molecule has 2 rings (SSSR count). The monoisotopic (exact) mass is 349 g/mol. The van der Waals surface area contributed by atoms with Gasteiger partial charge in [-0.2, -0.15) is 5.26 Å². The van der Waals surface area contributed by atoms with E-state index in [1.54, 1.807) is 6.07 Å². The molecule has 0 heterocycles. The van der Waals surface area contributed by atoms with Gasteiger partial charge in [0, 0.05) is 23.2 Å². The lowest BCUT2D eigenvalue weighted by Crippen LogP contribution is -2.03. The van der Waals surface area contributed by atoms with Crippen LogP contribution in [0.1, 0.15) is 11.1 Å². The maximum Gasteiger partial charge on any atom is 0.270 e. The normalized spacial score (nSPS) is 9.95. The van der Waals surface area contributed by atoms with E-state index < -0.39 is 4.92 Å². The van der Waals surface area contributed by atoms with Gasteiger partial charge in [-0.05, 0) is 29.8 Å². The molecule has 0 bridgehead atoms. The molecular formula is C14H9BrFN3O2. The summed E-state index contributed by atoms with van der Waals surface area (Å²) in [6, 6.07) is 10.2. The first-order valence-corrected chi connectivity index (χ1v) is 6.67. The highest BCUT2D eigenvalue weighted by atomic mass is 79.9. The van der Waals surface area contributed by atoms with Gasteiger partial charge < -0.3 is 5.32 Å². The number of anilines is 1. The maximum absolute atomic E-state index is 13.2. The molecule has 0 unspecified atom stereocenters. The van der Waals surface area contributed by atoms with E-state index in [4.69, 9.17) is 5.26 Å². The Balaban J connectivity index is 2.22. The minimum atomic E-state index is -0.562. The molecule has 7 heteroatoms. The molecule has 2 aromatic carbocycles. The molecule has 0 saturated heterocycles. The largest absolute Gasteiger partial charge is 0.380 e. The number of hydrogen-bond donors (Lipinski definition) is 1. The summed E-state index contributed by atoms with van der Waals surface area (Å²) in [5.41, 5.74) is 1.15. The number of hydrogen-bond acceptors (Lipinski definition) is 4. The van der Waals surface area contributed by atoms with Crippen molar-refractivity contribution < 1.29 is 9.31 Å². The van der Waals surface area contributed by atoms with Crippen LogP contribution in [0.2, 0.25) is 0 Å². The fraction of sp³-hybridized carbons (Fsp3) is 0.0714. The Morgan fingerprint density at radius 2 is 2.10 bits per heavy atom. The van der Waals surface area contributed by atoms with Crippen molar-refractivity contribution in [1.82, 2.24) is 0 Å². The number of nitro benzene ring substituents is 1. The van der Waals surface area contributed by atoms with Crippen LogP contribution in [-0.2, 0) is 6.54 Å². The molecule has 21 heavy (non-hydrogen) atoms. The highest BCUT2D eigenvalue weighted by Gasteiger charge is 2.11. The Hall–Kier alpha value is -2.46. The molecule has 106 valence electrons. The van der Waals surface area contributed by atoms with Gasteiger partial charge in [-0.3, -0.25) is 10.1 Å². The Bertz CT molecular complexity index is 743. The summed E-state index contributed by atoms with van der Waals surface area (Å²) in [5.74, 6) is -0.362. The van der Waals surface area contributed by atoms with Crippen LogP contribution in [0.25, 0.3) is 0 Å². The summed E-state index contributed by atoms with van der Waals surface area (Å²) in [4.78, 5) is 10.1. The molecule has 0 fully saturated rings. The summed E-state index contributed by atoms with van der Waals surface area (Å²) in [6.45, 7) is 0.283. The molecule has 1 N–H and O–H groups in total. The SMILES string of the molecule is N#Cc1cc([N+](=O)[O-])ccc1NCc1cc(F)ccc1Br. The van der Waals surface area contributed by atoms with Crippen LogP contribution in [0.5, 0.6) is 0 Å². The van der Waals surface area contributed by atoms with Crippen molar-refractivity contribution in [2.75, 3.05) is 5.32 Å². The third kappa shape index (κ3) is 3.55. The molecule has 0 amide bonds. The predicted molar refractivity (Wildman–Crippen MR) is 79.2 cm³/mol. The molecule has 5 nitrogen and oxygen atoms in total. The molecule has 0 spiro atoms. The molecule has 0 aliphatic rings. The molecule has 0 saturated carbocycles. The maximum atomic E-state index is 13.2. The van der Waals surface area contributed by atoms with Gasteiger partial charge in [0.15, 0.2) is 0 Å². The van der Waals surface area contributed by atoms with E-state index >= 15 is 0 Å². The summed E-state index contributed by atoms with van der Waals surface area (Å²) in [7, 11) is 0. The third-order valence-corrected chi connectivity index (χ3v) is 3.59. The van der Waals surface area contributed by atoms with Gasteiger partial charge >= 0.3 is 0 Å². The zero-order valence-electron chi connectivity index (χ0n) is 10.6. The topological polar surface area (TPSA) is 79.0 Å². The van der Waals surface area contributed by atoms with E-state index in [2.05, 4.69) is 21.2 Å². The lowest BCUT2D eigenvalue weighted by molar-refractivity contribution is -0.384. The molecular weight excluding hydrogens is 341 g/mol. The number of nitrogens with one attached hydrogen (secondary N) is 1. The van der Waals surface area contributed by atoms with E-state index in [0.29, 0.717) is 11.3 Å². The lowest BCUT2D eigenvalue weighted by atomic mass is 10.1. The highest BCUT2D eigenvalue weighted by molar-refractivity contribution is 9.10. The fourth-order valence-corrected chi connectivity index (χ4v) is 2.15. The Labute approximate surface area is 128 Å². The number of benzene rings is 2. The minimum Gasteiger partial charge on any atom is -0.380 e. The number of rotatable bonds is 4. The second-order valence-electron chi connectivity index (χ2n) is 4.19. The first-order chi connectivity index (χ1) is 10.0. The minimum absolute atomic E-state index is 0.149. The van der Waals surface area contributed by atoms with Crippen LogP contribution in [0.15, 0.2) is 40.9 Å². The zero-order chi connectivity index (χ0) is 15.4. The molecule has 0 atom stereocenters. The van der Waals surface area contributed by atoms with E-state index in [1.165, 1.54) is 30.3 Å². The number of nitro groups is 1. The molecule has 0 radical (unpaired) electrons. The summed E-state index contributed by atoms with van der Waals surface area (Å²) < 4.78 is 13.9. The van der Waals surface area contributed by atoms with E-state index in [9.17, 15) is 14.5 Å². The van der Waals surface area contributed by atoms with Crippen molar-refractivity contribution >= 4 is 27.3 Å². The number of non-ortho nitro benzene ring substituents is 1. The van der Waals surface area contributed by atoms with Crippen molar-refractivity contribution in [3.8, 4) is 6.07 Å². The van der Waals surface area contributed by atoms with Crippen molar-refractivity contribution in [2.45, 2.75) is 6.54 Å². The van der Waals surface area contributed by atoms with Crippen LogP contribution in [0.4, 0.5) is 15.8 Å². The Kier molecular flexibility index (Phi) is 4.50. The summed E-state index contributed by atoms with van der Waals surface area (Å²) >= 11 is 3.31. The third-order valence-electron chi connectivity index (χ3n) is 2.81. The van der Waals surface area contributed by atoms with Gasteiger partial charge in [-0.25, -0.2) is 4.39 Å². The van der Waals surface area contributed by atoms with Gasteiger partial charge in [0.05, 0.1) is 16.2 Å². The highest BCUT2D eigenvalue weighted by Crippen LogP contribution is 2.24. The van der Waals surface area contributed by atoms with Gasteiger partial charge in [0.1, 0.15) is 11.9 Å². The van der Waals surface area contributed by atoms with Crippen molar-refractivity contribution in [2.24, 2.45) is 0 Å².